The fourth-order valence-electron chi connectivity index (χ4n) is 1.45. The van der Waals surface area contributed by atoms with Crippen molar-refractivity contribution >= 4 is 12.0 Å². The Kier molecular flexibility index (Phi) is 5.08. The monoisotopic (exact) mass is 228 g/mol. The highest BCUT2D eigenvalue weighted by Gasteiger charge is 2.21. The van der Waals surface area contributed by atoms with Crippen molar-refractivity contribution in [1.29, 1.82) is 0 Å². The number of amides is 2. The number of rotatable bonds is 6. The van der Waals surface area contributed by atoms with E-state index < -0.39 is 0 Å². The Balaban J connectivity index is 2.08. The van der Waals surface area contributed by atoms with Crippen LogP contribution in [-0.4, -0.2) is 43.1 Å². The van der Waals surface area contributed by atoms with Crippen molar-refractivity contribution in [2.24, 2.45) is 5.92 Å². The van der Waals surface area contributed by atoms with Crippen molar-refractivity contribution in [1.82, 2.24) is 10.2 Å². The van der Waals surface area contributed by atoms with E-state index in [2.05, 4.69) is 19.2 Å². The maximum absolute atomic E-state index is 11.4. The van der Waals surface area contributed by atoms with Crippen LogP contribution in [0.25, 0.3) is 0 Å². The Bertz CT molecular complexity index is 254. The van der Waals surface area contributed by atoms with E-state index in [1.165, 1.54) is 0 Å². The molecular formula is C11H20N2O3. The number of hydrogen-bond donors (Lipinski definition) is 1. The summed E-state index contributed by atoms with van der Waals surface area (Å²) in [6, 6.07) is 0. The molecule has 5 heteroatoms. The van der Waals surface area contributed by atoms with Gasteiger partial charge in [0, 0.05) is 19.5 Å². The van der Waals surface area contributed by atoms with E-state index in [9.17, 15) is 9.59 Å². The standard InChI is InChI=1S/C11H20N2O3/c1-9(2)3-5-12-10(14)4-6-13-7-8-16-11(13)15/h9H,3-8H2,1-2H3,(H,12,14). The van der Waals surface area contributed by atoms with Gasteiger partial charge in [0.05, 0.1) is 6.54 Å². The van der Waals surface area contributed by atoms with Crippen molar-refractivity contribution in [2.75, 3.05) is 26.2 Å². The second-order valence-corrected chi connectivity index (χ2v) is 4.38. The SMILES string of the molecule is CC(C)CCNC(=O)CCN1CCOC1=O. The molecule has 92 valence electrons. The molecule has 0 unspecified atom stereocenters. The highest BCUT2D eigenvalue weighted by molar-refractivity contribution is 5.77. The Labute approximate surface area is 96.1 Å². The molecule has 0 bridgehead atoms. The van der Waals surface area contributed by atoms with Crippen LogP contribution in [0.15, 0.2) is 0 Å². The normalized spacial score (nSPS) is 15.4. The minimum Gasteiger partial charge on any atom is -0.448 e. The van der Waals surface area contributed by atoms with Crippen molar-refractivity contribution in [2.45, 2.75) is 26.7 Å². The molecule has 0 aromatic rings. The lowest BCUT2D eigenvalue weighted by molar-refractivity contribution is -0.121. The van der Waals surface area contributed by atoms with Crippen LogP contribution in [0.3, 0.4) is 0 Å². The van der Waals surface area contributed by atoms with Crippen LogP contribution in [0.1, 0.15) is 26.7 Å². The first-order valence-corrected chi connectivity index (χ1v) is 5.78. The number of carbonyl (C=O) groups excluding carboxylic acids is 2. The van der Waals surface area contributed by atoms with E-state index in [-0.39, 0.29) is 12.0 Å². The number of nitrogens with zero attached hydrogens (tertiary/aromatic N) is 1. The van der Waals surface area contributed by atoms with Gasteiger partial charge in [-0.1, -0.05) is 13.8 Å². The predicted octanol–water partition coefficient (Wildman–Crippen LogP) is 0.991. The third-order valence-corrected chi connectivity index (χ3v) is 2.50. The van der Waals surface area contributed by atoms with Crippen LogP contribution < -0.4 is 5.32 Å². The molecule has 0 aromatic carbocycles. The van der Waals surface area contributed by atoms with E-state index in [1.54, 1.807) is 4.90 Å². The molecule has 1 aliphatic heterocycles. The second-order valence-electron chi connectivity index (χ2n) is 4.38. The molecule has 1 heterocycles. The fraction of sp³-hybridized carbons (Fsp3) is 0.818. The number of cyclic esters (lactones) is 1. The molecule has 1 N–H and O–H groups in total. The van der Waals surface area contributed by atoms with Gasteiger partial charge >= 0.3 is 6.09 Å². The predicted molar refractivity (Wildman–Crippen MR) is 60.0 cm³/mol. The zero-order valence-electron chi connectivity index (χ0n) is 9.99. The zero-order valence-corrected chi connectivity index (χ0v) is 9.99. The fourth-order valence-corrected chi connectivity index (χ4v) is 1.45. The van der Waals surface area contributed by atoms with Gasteiger partial charge in [-0.3, -0.25) is 4.79 Å². The third-order valence-electron chi connectivity index (χ3n) is 2.50. The van der Waals surface area contributed by atoms with Crippen molar-refractivity contribution in [3.05, 3.63) is 0 Å². The molecule has 0 spiro atoms. The van der Waals surface area contributed by atoms with E-state index in [0.29, 0.717) is 38.6 Å². The summed E-state index contributed by atoms with van der Waals surface area (Å²) < 4.78 is 4.77. The minimum absolute atomic E-state index is 0.000324. The maximum Gasteiger partial charge on any atom is 0.409 e. The maximum atomic E-state index is 11.4. The second kappa shape index (κ2) is 6.35. The lowest BCUT2D eigenvalue weighted by Gasteiger charge is -2.12. The quantitative estimate of drug-likeness (QED) is 0.737. The molecule has 2 amide bonds. The molecule has 1 fully saturated rings. The van der Waals surface area contributed by atoms with Crippen LogP contribution in [0.5, 0.6) is 0 Å². The summed E-state index contributed by atoms with van der Waals surface area (Å²) in [4.78, 5) is 24.0. The van der Waals surface area contributed by atoms with E-state index in [4.69, 9.17) is 4.74 Å². The lowest BCUT2D eigenvalue weighted by Crippen LogP contribution is -2.32. The summed E-state index contributed by atoms with van der Waals surface area (Å²) in [6.45, 7) is 6.43. The van der Waals surface area contributed by atoms with E-state index >= 15 is 0 Å². The van der Waals surface area contributed by atoms with Gasteiger partial charge in [-0.25, -0.2) is 4.79 Å². The van der Waals surface area contributed by atoms with Gasteiger partial charge in [-0.05, 0) is 12.3 Å². The topological polar surface area (TPSA) is 58.6 Å². The van der Waals surface area contributed by atoms with Crippen LogP contribution in [0.2, 0.25) is 0 Å². The van der Waals surface area contributed by atoms with Gasteiger partial charge in [0.25, 0.3) is 0 Å². The highest BCUT2D eigenvalue weighted by atomic mass is 16.6. The molecule has 0 aromatic heterocycles. The molecule has 0 atom stereocenters. The van der Waals surface area contributed by atoms with Gasteiger partial charge in [-0.15, -0.1) is 0 Å². The lowest BCUT2D eigenvalue weighted by atomic mass is 10.1. The van der Waals surface area contributed by atoms with Gasteiger partial charge < -0.3 is 15.0 Å². The van der Waals surface area contributed by atoms with Crippen molar-refractivity contribution < 1.29 is 14.3 Å². The molecule has 1 rings (SSSR count). The summed E-state index contributed by atoms with van der Waals surface area (Å²) in [6.07, 6.45) is 1.03. The highest BCUT2D eigenvalue weighted by Crippen LogP contribution is 2.03. The van der Waals surface area contributed by atoms with Crippen LogP contribution >= 0.6 is 0 Å². The van der Waals surface area contributed by atoms with Crippen LogP contribution in [0.4, 0.5) is 4.79 Å². The summed E-state index contributed by atoms with van der Waals surface area (Å²) in [5.74, 6) is 0.592. The number of ether oxygens (including phenoxy) is 1. The van der Waals surface area contributed by atoms with E-state index in [0.717, 1.165) is 6.42 Å². The molecule has 5 nitrogen and oxygen atoms in total. The average Bonchev–Trinajstić information content (AvgIpc) is 2.60. The smallest absolute Gasteiger partial charge is 0.409 e. The molecule has 0 saturated carbocycles. The third kappa shape index (κ3) is 4.51. The molecule has 1 saturated heterocycles. The first kappa shape index (κ1) is 12.8. The summed E-state index contributed by atoms with van der Waals surface area (Å²) >= 11 is 0. The van der Waals surface area contributed by atoms with Crippen molar-refractivity contribution in [3.63, 3.8) is 0 Å². The van der Waals surface area contributed by atoms with Gasteiger partial charge in [-0.2, -0.15) is 0 Å². The number of carbonyl (C=O) groups is 2. The molecule has 0 radical (unpaired) electrons. The summed E-state index contributed by atoms with van der Waals surface area (Å²) in [5.41, 5.74) is 0. The van der Waals surface area contributed by atoms with E-state index in [1.807, 2.05) is 0 Å². The molecular weight excluding hydrogens is 208 g/mol. The molecule has 0 aliphatic carbocycles. The van der Waals surface area contributed by atoms with Gasteiger partial charge in [0.1, 0.15) is 6.61 Å². The Hall–Kier alpha value is -1.26. The number of nitrogens with one attached hydrogen (secondary N) is 1. The summed E-state index contributed by atoms with van der Waals surface area (Å²) in [5, 5.41) is 2.84. The first-order chi connectivity index (χ1) is 7.59. The Morgan fingerprint density at radius 3 is 2.88 bits per heavy atom. The van der Waals surface area contributed by atoms with Crippen LogP contribution in [0, 0.1) is 5.92 Å². The average molecular weight is 228 g/mol. The Morgan fingerprint density at radius 2 is 2.31 bits per heavy atom. The molecule has 16 heavy (non-hydrogen) atoms. The van der Waals surface area contributed by atoms with Gasteiger partial charge in [0.15, 0.2) is 0 Å². The summed E-state index contributed by atoms with van der Waals surface area (Å²) in [7, 11) is 0. The van der Waals surface area contributed by atoms with Crippen LogP contribution in [-0.2, 0) is 9.53 Å². The van der Waals surface area contributed by atoms with Crippen molar-refractivity contribution in [3.8, 4) is 0 Å². The largest absolute Gasteiger partial charge is 0.448 e. The van der Waals surface area contributed by atoms with Gasteiger partial charge in [0.2, 0.25) is 5.91 Å². The number of hydrogen-bond acceptors (Lipinski definition) is 3. The minimum atomic E-state index is -0.310. The zero-order chi connectivity index (χ0) is 12.0. The molecule has 1 aliphatic rings. The Morgan fingerprint density at radius 1 is 1.56 bits per heavy atom. The first-order valence-electron chi connectivity index (χ1n) is 5.78.